The van der Waals surface area contributed by atoms with E-state index < -0.39 is 71.5 Å². The fourth-order valence-corrected chi connectivity index (χ4v) is 6.66. The van der Waals surface area contributed by atoms with Crippen LogP contribution >= 0.6 is 0 Å². The van der Waals surface area contributed by atoms with E-state index in [-0.39, 0.29) is 31.9 Å². The number of cyclic esters (lactones) is 1. The number of benzene rings is 2. The van der Waals surface area contributed by atoms with Gasteiger partial charge in [0.05, 0.1) is 35.6 Å². The number of para-hydroxylation sites is 2. The Morgan fingerprint density at radius 1 is 1.10 bits per heavy atom. The predicted molar refractivity (Wildman–Crippen MR) is 175 cm³/mol. The number of carboxylic acids is 1. The maximum Gasteiger partial charge on any atom is 0.407 e. The summed E-state index contributed by atoms with van der Waals surface area (Å²) < 4.78 is 39.1. The van der Waals surface area contributed by atoms with Gasteiger partial charge in [0.15, 0.2) is 5.78 Å². The number of Topliss-reactive ketones (excluding diaryl/α,β-unsaturated/α-hetero) is 1. The molecule has 2 amide bonds. The zero-order chi connectivity index (χ0) is 35.1. The van der Waals surface area contributed by atoms with E-state index in [1.807, 2.05) is 54.6 Å². The molecule has 0 spiro atoms. The van der Waals surface area contributed by atoms with Crippen molar-refractivity contribution in [2.75, 3.05) is 13.2 Å². The lowest BCUT2D eigenvalue weighted by molar-refractivity contribution is -0.148. The van der Waals surface area contributed by atoms with Crippen LogP contribution in [0.1, 0.15) is 52.0 Å². The molecule has 1 saturated heterocycles. The topological polar surface area (TPSA) is 148 Å². The van der Waals surface area contributed by atoms with Gasteiger partial charge in [-0.05, 0) is 42.0 Å². The van der Waals surface area contributed by atoms with Gasteiger partial charge in [0.1, 0.15) is 17.8 Å². The van der Waals surface area contributed by atoms with Gasteiger partial charge in [-0.15, -0.1) is 0 Å². The molecule has 3 aliphatic rings. The summed E-state index contributed by atoms with van der Waals surface area (Å²) in [5, 5.41) is 12.5. The second-order valence-corrected chi connectivity index (χ2v) is 14.0. The Balaban J connectivity index is 1.42. The van der Waals surface area contributed by atoms with Crippen molar-refractivity contribution in [3.63, 3.8) is 0 Å². The summed E-state index contributed by atoms with van der Waals surface area (Å²) >= 11 is 0. The predicted octanol–water partition coefficient (Wildman–Crippen LogP) is 5.52. The van der Waals surface area contributed by atoms with Gasteiger partial charge >= 0.3 is 12.1 Å². The van der Waals surface area contributed by atoms with Crippen molar-refractivity contribution in [3.05, 3.63) is 60.2 Å². The number of carbonyl (C=O) groups excluding carboxylic acids is 3. The number of alkyl carbamates (subject to hydrolysis) is 1. The molecular weight excluding hydrogens is 638 g/mol. The number of nitrogens with one attached hydrogen (secondary N) is 1. The van der Waals surface area contributed by atoms with E-state index in [0.717, 1.165) is 5.56 Å². The largest absolute Gasteiger partial charge is 0.481 e. The molecule has 2 aliphatic heterocycles. The normalized spacial score (nSPS) is 26.5. The highest BCUT2D eigenvalue weighted by atomic mass is 19.3. The number of fused-ring (bicyclic) bond motifs is 7. The number of carboxylic acid groups (broad SMARTS) is 1. The number of ketones is 1. The molecule has 1 saturated carbocycles. The van der Waals surface area contributed by atoms with Gasteiger partial charge in [0.2, 0.25) is 18.2 Å². The molecule has 1 aliphatic carbocycles. The van der Waals surface area contributed by atoms with Gasteiger partial charge < -0.3 is 24.8 Å². The Hall–Kier alpha value is -4.94. The van der Waals surface area contributed by atoms with Crippen molar-refractivity contribution in [2.45, 2.75) is 71.1 Å². The van der Waals surface area contributed by atoms with Crippen LogP contribution in [0.15, 0.2) is 54.6 Å². The van der Waals surface area contributed by atoms with Crippen molar-refractivity contribution in [2.24, 2.45) is 16.7 Å². The highest BCUT2D eigenvalue weighted by molar-refractivity contribution is 5.96. The summed E-state index contributed by atoms with van der Waals surface area (Å²) in [5.41, 5.74) is 0.428. The maximum absolute atomic E-state index is 14.3. The minimum Gasteiger partial charge on any atom is -0.481 e. The number of aliphatic carboxylic acids is 1. The highest BCUT2D eigenvalue weighted by Gasteiger charge is 2.66. The number of amides is 2. The van der Waals surface area contributed by atoms with Gasteiger partial charge in [-0.1, -0.05) is 63.3 Å². The Kier molecular flexibility index (Phi) is 9.12. The van der Waals surface area contributed by atoms with Crippen LogP contribution in [0.3, 0.4) is 0 Å². The number of hydrogen-bond donors (Lipinski definition) is 2. The third kappa shape index (κ3) is 6.97. The SMILES string of the molecule is CC(C)(C)[C@@H]1NC(=O)OCC/C=C/c2cccc(c2)-c2nc3ccccc3nc2O[C@@H]2C[C@@H](C(=O)C[C@]3(C(=O)O)C[C@H]3C(F)F)N(C2)C1=O. The highest BCUT2D eigenvalue weighted by Crippen LogP contribution is 2.59. The fraction of sp³-hybridized carbons (Fsp3) is 0.444. The minimum atomic E-state index is -2.91. The molecule has 13 heteroatoms. The standard InChI is InChI=1S/C36H38F2N4O7/c1-35(2,3)29-32(44)42-19-22(16-26(42)27(43)18-36(33(45)46)17-23(36)30(37)38)49-31-28(39-24-12-4-5-13-25(24)40-31)21-11-8-10-20(15-21)9-6-7-14-48-34(47)41-29/h4-6,8-13,15,22-23,26,29-30H,7,14,16-19H2,1-3H3,(H,41,47)(H,45,46)/b9-6+/t22-,23+,26+,29-,36-/m1/s1. The summed E-state index contributed by atoms with van der Waals surface area (Å²) in [6.45, 7) is 5.15. The number of halogens is 2. The van der Waals surface area contributed by atoms with Gasteiger partial charge in [0.25, 0.3) is 0 Å². The van der Waals surface area contributed by atoms with Crippen LogP contribution in [0, 0.1) is 16.7 Å². The van der Waals surface area contributed by atoms with Crippen LogP contribution in [0.5, 0.6) is 5.88 Å². The first-order valence-electron chi connectivity index (χ1n) is 16.3. The van der Waals surface area contributed by atoms with Gasteiger partial charge in [0, 0.05) is 24.3 Å². The van der Waals surface area contributed by atoms with Crippen LogP contribution in [-0.4, -0.2) is 81.5 Å². The summed E-state index contributed by atoms with van der Waals surface area (Å²) in [6, 6.07) is 12.4. The smallest absolute Gasteiger partial charge is 0.407 e. The molecule has 5 atom stereocenters. The number of rotatable bonds is 5. The number of ether oxygens (including phenoxy) is 2. The zero-order valence-electron chi connectivity index (χ0n) is 27.4. The quantitative estimate of drug-likeness (QED) is 0.357. The van der Waals surface area contributed by atoms with E-state index in [1.54, 1.807) is 26.8 Å². The summed E-state index contributed by atoms with van der Waals surface area (Å²) in [7, 11) is 0. The van der Waals surface area contributed by atoms with Gasteiger partial charge in [-0.3, -0.25) is 14.4 Å². The minimum absolute atomic E-state index is 0.0384. The van der Waals surface area contributed by atoms with Crippen molar-refractivity contribution in [1.82, 2.24) is 20.2 Å². The van der Waals surface area contributed by atoms with Gasteiger partial charge in [-0.2, -0.15) is 0 Å². The Labute approximate surface area is 281 Å². The average Bonchev–Trinajstić information content (AvgIpc) is 3.65. The van der Waals surface area contributed by atoms with E-state index in [9.17, 15) is 33.1 Å². The maximum atomic E-state index is 14.3. The lowest BCUT2D eigenvalue weighted by atomic mass is 9.85. The lowest BCUT2D eigenvalue weighted by Gasteiger charge is -2.35. The first kappa shape index (κ1) is 33.9. The summed E-state index contributed by atoms with van der Waals surface area (Å²) in [5.74, 6) is -4.05. The van der Waals surface area contributed by atoms with Crippen LogP contribution in [-0.2, 0) is 19.1 Å². The van der Waals surface area contributed by atoms with Crippen LogP contribution in [0.25, 0.3) is 28.4 Å². The van der Waals surface area contributed by atoms with Crippen LogP contribution in [0.4, 0.5) is 13.6 Å². The third-order valence-corrected chi connectivity index (χ3v) is 9.45. The Morgan fingerprint density at radius 3 is 2.51 bits per heavy atom. The van der Waals surface area contributed by atoms with E-state index in [0.29, 0.717) is 28.7 Å². The average molecular weight is 677 g/mol. The molecule has 2 N–H and O–H groups in total. The van der Waals surface area contributed by atoms with E-state index >= 15 is 0 Å². The van der Waals surface area contributed by atoms with Crippen LogP contribution < -0.4 is 10.1 Å². The molecule has 258 valence electrons. The molecular formula is C36H38F2N4O7. The van der Waals surface area contributed by atoms with Crippen molar-refractivity contribution < 1.29 is 42.5 Å². The lowest BCUT2D eigenvalue weighted by Crippen LogP contribution is -2.57. The summed E-state index contributed by atoms with van der Waals surface area (Å²) in [6.07, 6.45) is -1.47. The van der Waals surface area contributed by atoms with Gasteiger partial charge in [-0.25, -0.2) is 23.5 Å². The van der Waals surface area contributed by atoms with Crippen molar-refractivity contribution in [1.29, 1.82) is 0 Å². The molecule has 0 radical (unpaired) electrons. The zero-order valence-corrected chi connectivity index (χ0v) is 27.4. The molecule has 4 bridgehead atoms. The second kappa shape index (κ2) is 13.2. The molecule has 2 aromatic carbocycles. The fourth-order valence-electron chi connectivity index (χ4n) is 6.66. The number of alkyl halides is 2. The number of nitrogens with zero attached hydrogens (tertiary/aromatic N) is 3. The summed E-state index contributed by atoms with van der Waals surface area (Å²) in [4.78, 5) is 64.2. The molecule has 1 aromatic heterocycles. The molecule has 11 nitrogen and oxygen atoms in total. The monoisotopic (exact) mass is 676 g/mol. The number of carbonyl (C=O) groups is 4. The third-order valence-electron chi connectivity index (χ3n) is 9.45. The molecule has 0 unspecified atom stereocenters. The molecule has 49 heavy (non-hydrogen) atoms. The van der Waals surface area contributed by atoms with E-state index in [1.165, 1.54) is 4.90 Å². The van der Waals surface area contributed by atoms with E-state index in [2.05, 4.69) is 5.32 Å². The van der Waals surface area contributed by atoms with Crippen molar-refractivity contribution in [3.8, 4) is 17.1 Å². The molecule has 3 heterocycles. The van der Waals surface area contributed by atoms with E-state index in [4.69, 9.17) is 19.4 Å². The molecule has 2 fully saturated rings. The Morgan fingerprint density at radius 2 is 1.84 bits per heavy atom. The number of aromatic nitrogens is 2. The van der Waals surface area contributed by atoms with Crippen molar-refractivity contribution >= 4 is 40.9 Å². The number of hydrogen-bond acceptors (Lipinski definition) is 8. The first-order chi connectivity index (χ1) is 23.3. The molecule has 6 rings (SSSR count). The molecule has 3 aromatic rings. The second-order valence-electron chi connectivity index (χ2n) is 14.0. The first-order valence-corrected chi connectivity index (χ1v) is 16.3. The Bertz CT molecular complexity index is 1830. The van der Waals surface area contributed by atoms with Crippen LogP contribution in [0.2, 0.25) is 0 Å².